The third-order valence-electron chi connectivity index (χ3n) is 5.62. The molecule has 1 aliphatic heterocycles. The van der Waals surface area contributed by atoms with Gasteiger partial charge in [-0.05, 0) is 67.6 Å². The van der Waals surface area contributed by atoms with Crippen LogP contribution in [0, 0.1) is 0 Å². The number of anilines is 1. The van der Waals surface area contributed by atoms with E-state index in [-0.39, 0.29) is 18.4 Å². The Morgan fingerprint density at radius 3 is 2.28 bits per heavy atom. The van der Waals surface area contributed by atoms with E-state index >= 15 is 0 Å². The minimum absolute atomic E-state index is 0.0608. The van der Waals surface area contributed by atoms with Gasteiger partial charge in [-0.15, -0.1) is 0 Å². The predicted octanol–water partition coefficient (Wildman–Crippen LogP) is 4.74. The number of methoxy groups -OCH3 is 1. The van der Waals surface area contributed by atoms with Crippen LogP contribution in [0.5, 0.6) is 11.5 Å². The van der Waals surface area contributed by atoms with Gasteiger partial charge < -0.3 is 24.4 Å². The molecule has 0 bridgehead atoms. The van der Waals surface area contributed by atoms with Crippen molar-refractivity contribution in [1.29, 1.82) is 0 Å². The van der Waals surface area contributed by atoms with Crippen molar-refractivity contribution >= 4 is 17.7 Å². The molecule has 0 unspecified atom stereocenters. The third-order valence-corrected chi connectivity index (χ3v) is 5.62. The maximum Gasteiger partial charge on any atom is 0.322 e. The molecule has 2 amide bonds. The summed E-state index contributed by atoms with van der Waals surface area (Å²) in [5.41, 5.74) is 3.84. The van der Waals surface area contributed by atoms with Crippen molar-refractivity contribution in [2.24, 2.45) is 0 Å². The number of esters is 1. The molecule has 0 aromatic heterocycles. The number of nitrogens with one attached hydrogen (secondary N) is 1. The van der Waals surface area contributed by atoms with Crippen molar-refractivity contribution in [2.75, 3.05) is 32.2 Å². The van der Waals surface area contributed by atoms with E-state index in [1.807, 2.05) is 50.2 Å². The predicted molar refractivity (Wildman–Crippen MR) is 123 cm³/mol. The lowest BCUT2D eigenvalue weighted by molar-refractivity contribution is -0.141. The molecule has 0 saturated heterocycles. The Labute approximate surface area is 189 Å². The molecule has 0 spiro atoms. The van der Waals surface area contributed by atoms with Crippen LogP contribution in [-0.2, 0) is 22.4 Å². The van der Waals surface area contributed by atoms with Crippen LogP contribution in [-0.4, -0.2) is 43.8 Å². The Morgan fingerprint density at radius 2 is 1.69 bits per heavy atom. The lowest BCUT2D eigenvalue weighted by Gasteiger charge is -2.37. The van der Waals surface area contributed by atoms with Crippen molar-refractivity contribution < 1.29 is 23.8 Å². The van der Waals surface area contributed by atoms with E-state index in [4.69, 9.17) is 14.2 Å². The number of urea groups is 1. The molecule has 2 aromatic rings. The van der Waals surface area contributed by atoms with E-state index in [2.05, 4.69) is 12.2 Å². The zero-order valence-corrected chi connectivity index (χ0v) is 19.3. The molecular formula is C25H32N2O5. The van der Waals surface area contributed by atoms with Crippen LogP contribution in [0.1, 0.15) is 49.9 Å². The van der Waals surface area contributed by atoms with Gasteiger partial charge in [-0.2, -0.15) is 0 Å². The van der Waals surface area contributed by atoms with E-state index < -0.39 is 6.04 Å². The second kappa shape index (κ2) is 10.9. The molecule has 3 rings (SSSR count). The van der Waals surface area contributed by atoms with Crippen LogP contribution in [0.15, 0.2) is 36.4 Å². The molecule has 0 saturated carbocycles. The first kappa shape index (κ1) is 23.4. The van der Waals surface area contributed by atoms with E-state index in [1.54, 1.807) is 4.90 Å². The third kappa shape index (κ3) is 5.33. The van der Waals surface area contributed by atoms with E-state index in [0.29, 0.717) is 37.7 Å². The van der Waals surface area contributed by atoms with Gasteiger partial charge in [-0.1, -0.05) is 19.1 Å². The minimum Gasteiger partial charge on any atom is -0.490 e. The summed E-state index contributed by atoms with van der Waals surface area (Å²) in [6, 6.07) is 10.9. The largest absolute Gasteiger partial charge is 0.490 e. The average molecular weight is 441 g/mol. The summed E-state index contributed by atoms with van der Waals surface area (Å²) in [5, 5.41) is 2.97. The second-order valence-electron chi connectivity index (χ2n) is 7.58. The van der Waals surface area contributed by atoms with Crippen molar-refractivity contribution in [3.63, 3.8) is 0 Å². The summed E-state index contributed by atoms with van der Waals surface area (Å²) in [5.74, 6) is 0.916. The molecule has 172 valence electrons. The minimum atomic E-state index is -0.462. The number of amides is 2. The number of fused-ring (bicyclic) bond motifs is 1. The maximum atomic E-state index is 13.2. The number of aryl methyl sites for hydroxylation is 1. The monoisotopic (exact) mass is 440 g/mol. The standard InChI is InChI=1S/C25H32N2O5/c1-5-17-8-10-19(11-9-17)26-25(29)27-13-12-18-14-22(31-6-2)23(32-7-3)15-20(18)21(27)16-24(28)30-4/h8-11,14-15,21H,5-7,12-13,16H2,1-4H3,(H,26,29)/t21-/m0/s1. The molecule has 0 radical (unpaired) electrons. The van der Waals surface area contributed by atoms with Crippen LogP contribution < -0.4 is 14.8 Å². The normalized spacial score (nSPS) is 15.0. The molecule has 0 fully saturated rings. The number of carbonyl (C=O) groups excluding carboxylic acids is 2. The lowest BCUT2D eigenvalue weighted by Crippen LogP contribution is -2.43. The van der Waals surface area contributed by atoms with Crippen LogP contribution in [0.2, 0.25) is 0 Å². The van der Waals surface area contributed by atoms with E-state index in [0.717, 1.165) is 23.2 Å². The number of benzene rings is 2. The second-order valence-corrected chi connectivity index (χ2v) is 7.58. The highest BCUT2D eigenvalue weighted by molar-refractivity contribution is 5.90. The first-order chi connectivity index (χ1) is 15.5. The van der Waals surface area contributed by atoms with E-state index in [9.17, 15) is 9.59 Å². The highest BCUT2D eigenvalue weighted by atomic mass is 16.5. The molecule has 0 aliphatic carbocycles. The molecule has 1 heterocycles. The Kier molecular flexibility index (Phi) is 7.98. The molecule has 1 N–H and O–H groups in total. The topological polar surface area (TPSA) is 77.1 Å². The first-order valence-corrected chi connectivity index (χ1v) is 11.2. The summed E-state index contributed by atoms with van der Waals surface area (Å²) in [7, 11) is 1.36. The Balaban J connectivity index is 1.92. The smallest absolute Gasteiger partial charge is 0.322 e. The molecule has 1 atom stereocenters. The maximum absolute atomic E-state index is 13.2. The molecule has 7 nitrogen and oxygen atoms in total. The summed E-state index contributed by atoms with van der Waals surface area (Å²) in [6.45, 7) is 7.41. The molecule has 32 heavy (non-hydrogen) atoms. The van der Waals surface area contributed by atoms with Gasteiger partial charge in [-0.3, -0.25) is 4.79 Å². The van der Waals surface area contributed by atoms with Gasteiger partial charge in [0.05, 0.1) is 32.8 Å². The van der Waals surface area contributed by atoms with Gasteiger partial charge in [0.25, 0.3) is 0 Å². The molecule has 1 aliphatic rings. The molecule has 7 heteroatoms. The number of nitrogens with zero attached hydrogens (tertiary/aromatic N) is 1. The zero-order chi connectivity index (χ0) is 23.1. The van der Waals surface area contributed by atoms with Gasteiger partial charge in [0.2, 0.25) is 0 Å². The van der Waals surface area contributed by atoms with Crippen LogP contribution in [0.25, 0.3) is 0 Å². The van der Waals surface area contributed by atoms with E-state index in [1.165, 1.54) is 12.7 Å². The molecular weight excluding hydrogens is 408 g/mol. The quantitative estimate of drug-likeness (QED) is 0.600. The average Bonchev–Trinajstić information content (AvgIpc) is 2.80. The van der Waals surface area contributed by atoms with Gasteiger partial charge >= 0.3 is 12.0 Å². The van der Waals surface area contributed by atoms with Crippen molar-refractivity contribution in [2.45, 2.75) is 46.1 Å². The summed E-state index contributed by atoms with van der Waals surface area (Å²) >= 11 is 0. The highest BCUT2D eigenvalue weighted by Gasteiger charge is 2.34. The number of hydrogen-bond acceptors (Lipinski definition) is 5. The Morgan fingerprint density at radius 1 is 1.03 bits per heavy atom. The zero-order valence-electron chi connectivity index (χ0n) is 19.3. The summed E-state index contributed by atoms with van der Waals surface area (Å²) in [6.07, 6.45) is 1.65. The summed E-state index contributed by atoms with van der Waals surface area (Å²) in [4.78, 5) is 27.1. The van der Waals surface area contributed by atoms with Gasteiger partial charge in [-0.25, -0.2) is 4.79 Å². The Hall–Kier alpha value is -3.22. The number of rotatable bonds is 8. The fourth-order valence-electron chi connectivity index (χ4n) is 3.97. The van der Waals surface area contributed by atoms with Crippen LogP contribution in [0.4, 0.5) is 10.5 Å². The molecule has 2 aromatic carbocycles. The number of carbonyl (C=O) groups is 2. The van der Waals surface area contributed by atoms with Crippen LogP contribution >= 0.6 is 0 Å². The number of hydrogen-bond donors (Lipinski definition) is 1. The van der Waals surface area contributed by atoms with Crippen molar-refractivity contribution in [3.8, 4) is 11.5 Å². The number of ether oxygens (including phenoxy) is 3. The highest BCUT2D eigenvalue weighted by Crippen LogP contribution is 2.40. The summed E-state index contributed by atoms with van der Waals surface area (Å²) < 4.78 is 16.5. The van der Waals surface area contributed by atoms with Crippen molar-refractivity contribution in [3.05, 3.63) is 53.1 Å². The lowest BCUT2D eigenvalue weighted by atomic mass is 9.90. The van der Waals surface area contributed by atoms with Crippen molar-refractivity contribution in [1.82, 2.24) is 4.90 Å². The van der Waals surface area contributed by atoms with Crippen LogP contribution in [0.3, 0.4) is 0 Å². The van der Waals surface area contributed by atoms with Gasteiger partial charge in [0, 0.05) is 12.2 Å². The Bertz CT molecular complexity index is 942. The first-order valence-electron chi connectivity index (χ1n) is 11.2. The fraction of sp³-hybridized carbons (Fsp3) is 0.440. The van der Waals surface area contributed by atoms with Gasteiger partial charge in [0.1, 0.15) is 0 Å². The SMILES string of the molecule is CCOc1cc2c(cc1OCC)[C@H](CC(=O)OC)N(C(=O)Nc1ccc(CC)cc1)CC2. The van der Waals surface area contributed by atoms with Gasteiger partial charge in [0.15, 0.2) is 11.5 Å². The fourth-order valence-corrected chi connectivity index (χ4v) is 3.97.